The number of aromatic nitrogens is 1. The molecule has 1 heterocycles. The van der Waals surface area contributed by atoms with Crippen LogP contribution in [0.4, 0.5) is 13.6 Å². The van der Waals surface area contributed by atoms with Gasteiger partial charge in [-0.2, -0.15) is 5.06 Å². The molecule has 1 amide bonds. The van der Waals surface area contributed by atoms with Gasteiger partial charge >= 0.3 is 6.09 Å². The van der Waals surface area contributed by atoms with E-state index in [2.05, 4.69) is 4.98 Å². The predicted octanol–water partition coefficient (Wildman–Crippen LogP) is 1.81. The van der Waals surface area contributed by atoms with E-state index in [1.165, 1.54) is 6.07 Å². The van der Waals surface area contributed by atoms with E-state index in [1.807, 2.05) is 0 Å². The molecule has 100 valence electrons. The molecule has 8 heteroatoms. The van der Waals surface area contributed by atoms with Crippen LogP contribution in [0.3, 0.4) is 0 Å². The van der Waals surface area contributed by atoms with Crippen LogP contribution < -0.4 is 0 Å². The number of hydrogen-bond acceptors (Lipinski definition) is 4. The topological polar surface area (TPSA) is 93.9 Å². The molecule has 6 nitrogen and oxygen atoms in total. The molecule has 1 atom stereocenters. The highest BCUT2D eigenvalue weighted by molar-refractivity contribution is 5.64. The summed E-state index contributed by atoms with van der Waals surface area (Å²) in [5.74, 6) is 0. The Morgan fingerprint density at radius 2 is 2.11 bits per heavy atom. The Bertz CT molecular complexity index is 399. The van der Waals surface area contributed by atoms with Gasteiger partial charge in [0.05, 0.1) is 6.04 Å². The monoisotopic (exact) mass is 262 g/mol. The Labute approximate surface area is 101 Å². The first-order valence-corrected chi connectivity index (χ1v) is 5.03. The molecule has 0 saturated carbocycles. The quantitative estimate of drug-likeness (QED) is 0.555. The van der Waals surface area contributed by atoms with E-state index < -0.39 is 24.3 Å². The number of aliphatic hydroxyl groups excluding tert-OH is 1. The lowest BCUT2D eigenvalue weighted by Gasteiger charge is -2.23. The van der Waals surface area contributed by atoms with E-state index in [1.54, 1.807) is 0 Å². The maximum absolute atomic E-state index is 12.3. The van der Waals surface area contributed by atoms with Gasteiger partial charge in [-0.05, 0) is 18.1 Å². The third-order valence-electron chi connectivity index (χ3n) is 2.31. The molecule has 0 aromatic carbocycles. The first-order chi connectivity index (χ1) is 8.47. The maximum Gasteiger partial charge on any atom is 0.431 e. The highest BCUT2D eigenvalue weighted by atomic mass is 19.3. The van der Waals surface area contributed by atoms with Crippen molar-refractivity contribution in [2.45, 2.75) is 18.9 Å². The minimum Gasteiger partial charge on any atom is -0.463 e. The van der Waals surface area contributed by atoms with Crippen molar-refractivity contribution in [1.29, 1.82) is 0 Å². The zero-order valence-corrected chi connectivity index (χ0v) is 9.20. The summed E-state index contributed by atoms with van der Waals surface area (Å²) in [7, 11) is 0. The van der Waals surface area contributed by atoms with Gasteiger partial charge < -0.3 is 10.2 Å². The van der Waals surface area contributed by atoms with Gasteiger partial charge in [-0.25, -0.2) is 13.6 Å². The largest absolute Gasteiger partial charge is 0.463 e. The van der Waals surface area contributed by atoms with Gasteiger partial charge in [0.25, 0.3) is 6.43 Å². The van der Waals surface area contributed by atoms with E-state index in [9.17, 15) is 18.8 Å². The lowest BCUT2D eigenvalue weighted by Crippen LogP contribution is -2.31. The van der Waals surface area contributed by atoms with Crippen LogP contribution in [-0.4, -0.2) is 38.2 Å². The van der Waals surface area contributed by atoms with Crippen molar-refractivity contribution >= 4 is 6.09 Å². The van der Waals surface area contributed by atoms with Crippen molar-refractivity contribution in [3.05, 3.63) is 29.6 Å². The average Bonchev–Trinajstić information content (AvgIpc) is 2.35. The van der Waals surface area contributed by atoms with Crippen LogP contribution in [0.25, 0.3) is 0 Å². The van der Waals surface area contributed by atoms with Crippen molar-refractivity contribution in [1.82, 2.24) is 10.0 Å². The Kier molecular flexibility index (Phi) is 4.93. The van der Waals surface area contributed by atoms with Crippen LogP contribution in [-0.2, 0) is 0 Å². The fourth-order valence-electron chi connectivity index (χ4n) is 1.43. The summed E-state index contributed by atoms with van der Waals surface area (Å²) >= 11 is 0. The molecule has 0 spiro atoms. The lowest BCUT2D eigenvalue weighted by molar-refractivity contribution is -0.102. The second kappa shape index (κ2) is 6.22. The minimum atomic E-state index is -2.72. The van der Waals surface area contributed by atoms with Gasteiger partial charge in [0.1, 0.15) is 5.69 Å². The van der Waals surface area contributed by atoms with E-state index in [4.69, 9.17) is 10.2 Å². The smallest absolute Gasteiger partial charge is 0.431 e. The van der Waals surface area contributed by atoms with Gasteiger partial charge in [0, 0.05) is 12.8 Å². The fraction of sp³-hybridized carbons (Fsp3) is 0.400. The van der Waals surface area contributed by atoms with E-state index >= 15 is 0 Å². The SMILES string of the molecule is O=C(O)N(O)C(CCO)c1ccc(C(F)F)nc1. The number of halogens is 2. The molecule has 0 aliphatic heterocycles. The molecular formula is C10H12F2N2O4. The molecule has 3 N–H and O–H groups in total. The Hall–Kier alpha value is -1.80. The number of nitrogens with zero attached hydrogens (tertiary/aromatic N) is 2. The molecule has 0 aliphatic rings. The third-order valence-corrected chi connectivity index (χ3v) is 2.31. The first-order valence-electron chi connectivity index (χ1n) is 5.03. The van der Waals surface area contributed by atoms with Gasteiger partial charge in [-0.3, -0.25) is 10.2 Å². The summed E-state index contributed by atoms with van der Waals surface area (Å²) in [6, 6.07) is 1.23. The van der Waals surface area contributed by atoms with Crippen LogP contribution in [0.15, 0.2) is 18.3 Å². The number of pyridine rings is 1. The number of carbonyl (C=O) groups is 1. The fourth-order valence-corrected chi connectivity index (χ4v) is 1.43. The van der Waals surface area contributed by atoms with Crippen LogP contribution in [0.2, 0.25) is 0 Å². The lowest BCUT2D eigenvalue weighted by atomic mass is 10.1. The second-order valence-corrected chi connectivity index (χ2v) is 3.47. The molecule has 1 aromatic heterocycles. The number of aliphatic hydroxyl groups is 1. The first kappa shape index (κ1) is 14.3. The molecule has 0 fully saturated rings. The molecule has 1 aromatic rings. The Morgan fingerprint density at radius 3 is 2.50 bits per heavy atom. The molecule has 0 saturated heterocycles. The van der Waals surface area contributed by atoms with Crippen molar-refractivity contribution in [3.8, 4) is 0 Å². The number of carboxylic acid groups (broad SMARTS) is 1. The van der Waals surface area contributed by atoms with Crippen LogP contribution in [0.5, 0.6) is 0 Å². The Morgan fingerprint density at radius 1 is 1.44 bits per heavy atom. The predicted molar refractivity (Wildman–Crippen MR) is 55.3 cm³/mol. The summed E-state index contributed by atoms with van der Waals surface area (Å²) in [6.45, 7) is -0.369. The van der Waals surface area contributed by atoms with Gasteiger partial charge in [-0.1, -0.05) is 6.07 Å². The zero-order valence-electron chi connectivity index (χ0n) is 9.20. The highest BCUT2D eigenvalue weighted by Gasteiger charge is 2.23. The molecule has 0 radical (unpaired) electrons. The minimum absolute atomic E-state index is 0.00921. The van der Waals surface area contributed by atoms with Crippen molar-refractivity contribution in [2.24, 2.45) is 0 Å². The van der Waals surface area contributed by atoms with Crippen LogP contribution >= 0.6 is 0 Å². The molecule has 1 unspecified atom stereocenters. The second-order valence-electron chi connectivity index (χ2n) is 3.47. The normalized spacial score (nSPS) is 12.5. The van der Waals surface area contributed by atoms with Crippen LogP contribution in [0.1, 0.15) is 30.1 Å². The summed E-state index contributed by atoms with van der Waals surface area (Å²) in [4.78, 5) is 14.1. The van der Waals surface area contributed by atoms with Gasteiger partial charge in [0.15, 0.2) is 0 Å². The number of amides is 1. The van der Waals surface area contributed by atoms with Crippen molar-refractivity contribution in [3.63, 3.8) is 0 Å². The summed E-state index contributed by atoms with van der Waals surface area (Å²) < 4.78 is 24.6. The summed E-state index contributed by atoms with van der Waals surface area (Å²) in [6.07, 6.45) is -3.35. The molecule has 18 heavy (non-hydrogen) atoms. The summed E-state index contributed by atoms with van der Waals surface area (Å²) in [5.41, 5.74) is -0.223. The molecule has 0 aliphatic carbocycles. The average molecular weight is 262 g/mol. The molecule has 1 rings (SSSR count). The number of hydrogen-bond donors (Lipinski definition) is 3. The van der Waals surface area contributed by atoms with Crippen molar-refractivity contribution in [2.75, 3.05) is 6.61 Å². The highest BCUT2D eigenvalue weighted by Crippen LogP contribution is 2.24. The standard InChI is InChI=1S/C10H12F2N2O4/c11-9(12)7-2-1-6(5-13-7)8(3-4-15)14(18)10(16)17/h1-2,5,8-9,15,18H,3-4H2,(H,16,17). The number of rotatable bonds is 5. The third kappa shape index (κ3) is 3.34. The maximum atomic E-state index is 12.3. The van der Waals surface area contributed by atoms with E-state index in [0.717, 1.165) is 12.3 Å². The van der Waals surface area contributed by atoms with Gasteiger partial charge in [0.2, 0.25) is 0 Å². The van der Waals surface area contributed by atoms with E-state index in [0.29, 0.717) is 0 Å². The van der Waals surface area contributed by atoms with E-state index in [-0.39, 0.29) is 23.7 Å². The van der Waals surface area contributed by atoms with Crippen molar-refractivity contribution < 1.29 is 29.0 Å². The Balaban J connectivity index is 2.95. The van der Waals surface area contributed by atoms with Gasteiger partial charge in [-0.15, -0.1) is 0 Å². The summed E-state index contributed by atoms with van der Waals surface area (Å²) in [5, 5.41) is 26.7. The number of alkyl halides is 2. The molecular weight excluding hydrogens is 250 g/mol. The number of hydroxylamine groups is 2. The molecule has 0 bridgehead atoms. The van der Waals surface area contributed by atoms with Crippen LogP contribution in [0, 0.1) is 0 Å². The zero-order chi connectivity index (χ0) is 13.7.